The third-order valence-corrected chi connectivity index (χ3v) is 3.40. The van der Waals surface area contributed by atoms with Gasteiger partial charge in [-0.05, 0) is 37.8 Å². The van der Waals surface area contributed by atoms with Crippen LogP contribution in [0, 0.1) is 17.6 Å². The van der Waals surface area contributed by atoms with Crippen molar-refractivity contribution in [3.63, 3.8) is 0 Å². The molecule has 0 bridgehead atoms. The Bertz CT molecular complexity index is 601. The molecule has 2 atom stereocenters. The zero-order chi connectivity index (χ0) is 16.1. The van der Waals surface area contributed by atoms with Gasteiger partial charge < -0.3 is 10.1 Å². The number of amides is 1. The molecule has 4 nitrogen and oxygen atoms in total. The molecule has 0 fully saturated rings. The fourth-order valence-corrected chi connectivity index (χ4v) is 2.21. The third-order valence-electron chi connectivity index (χ3n) is 3.40. The lowest BCUT2D eigenvalue weighted by Gasteiger charge is -2.15. The summed E-state index contributed by atoms with van der Waals surface area (Å²) in [7, 11) is 0. The van der Waals surface area contributed by atoms with Crippen molar-refractivity contribution in [3.8, 4) is 0 Å². The van der Waals surface area contributed by atoms with E-state index in [0.717, 1.165) is 31.0 Å². The lowest BCUT2D eigenvalue weighted by atomic mass is 10.1. The molecule has 0 saturated carbocycles. The van der Waals surface area contributed by atoms with Crippen LogP contribution in [0.2, 0.25) is 0 Å². The van der Waals surface area contributed by atoms with Gasteiger partial charge in [-0.3, -0.25) is 9.59 Å². The summed E-state index contributed by atoms with van der Waals surface area (Å²) < 4.78 is 31.5. The number of carbonyl (C=O) groups is 2. The van der Waals surface area contributed by atoms with E-state index < -0.39 is 29.6 Å². The topological polar surface area (TPSA) is 55.4 Å². The number of ether oxygens (including phenoxy) is 1. The zero-order valence-electron chi connectivity index (χ0n) is 12.1. The lowest BCUT2D eigenvalue weighted by Crippen LogP contribution is -2.30. The summed E-state index contributed by atoms with van der Waals surface area (Å²) in [5, 5.41) is 2.20. The van der Waals surface area contributed by atoms with Gasteiger partial charge in [-0.1, -0.05) is 12.2 Å². The van der Waals surface area contributed by atoms with Crippen molar-refractivity contribution in [3.05, 3.63) is 42.0 Å². The van der Waals surface area contributed by atoms with E-state index in [4.69, 9.17) is 4.74 Å². The van der Waals surface area contributed by atoms with Gasteiger partial charge in [-0.2, -0.15) is 0 Å². The van der Waals surface area contributed by atoms with Gasteiger partial charge in [-0.25, -0.2) is 8.78 Å². The fraction of sp³-hybridized carbons (Fsp3) is 0.375. The number of hydrogen-bond acceptors (Lipinski definition) is 3. The molecular formula is C16H17F2NO3. The molecule has 0 aliphatic heterocycles. The van der Waals surface area contributed by atoms with Gasteiger partial charge in [0.25, 0.3) is 5.91 Å². The van der Waals surface area contributed by atoms with E-state index in [9.17, 15) is 18.4 Å². The van der Waals surface area contributed by atoms with Crippen molar-refractivity contribution in [1.29, 1.82) is 0 Å². The number of allylic oxidation sites excluding steroid dienone is 2. The molecule has 0 spiro atoms. The molecule has 0 radical (unpaired) electrons. The Labute approximate surface area is 127 Å². The van der Waals surface area contributed by atoms with Gasteiger partial charge in [0.15, 0.2) is 6.10 Å². The number of anilines is 1. The summed E-state index contributed by atoms with van der Waals surface area (Å²) in [6.45, 7) is 1.38. The van der Waals surface area contributed by atoms with Crippen LogP contribution in [-0.4, -0.2) is 18.0 Å². The Hall–Kier alpha value is -2.24. The first-order valence-electron chi connectivity index (χ1n) is 7.08. The van der Waals surface area contributed by atoms with Crippen LogP contribution in [-0.2, 0) is 14.3 Å². The van der Waals surface area contributed by atoms with Crippen molar-refractivity contribution in [2.24, 2.45) is 5.92 Å². The van der Waals surface area contributed by atoms with Crippen LogP contribution in [0.1, 0.15) is 26.2 Å². The van der Waals surface area contributed by atoms with Gasteiger partial charge in [0, 0.05) is 6.07 Å². The molecule has 2 rings (SSSR count). The van der Waals surface area contributed by atoms with Crippen LogP contribution in [0.4, 0.5) is 14.5 Å². The van der Waals surface area contributed by atoms with E-state index >= 15 is 0 Å². The van der Waals surface area contributed by atoms with E-state index in [-0.39, 0.29) is 18.0 Å². The number of esters is 1. The largest absolute Gasteiger partial charge is 0.453 e. The van der Waals surface area contributed by atoms with Crippen molar-refractivity contribution in [2.75, 3.05) is 5.32 Å². The average molecular weight is 309 g/mol. The second kappa shape index (κ2) is 7.15. The molecule has 1 aliphatic carbocycles. The first kappa shape index (κ1) is 16.1. The fourth-order valence-electron chi connectivity index (χ4n) is 2.21. The molecule has 1 aromatic carbocycles. The molecule has 1 amide bonds. The molecule has 1 aromatic rings. The third kappa shape index (κ3) is 4.38. The highest BCUT2D eigenvalue weighted by Gasteiger charge is 2.21. The lowest BCUT2D eigenvalue weighted by molar-refractivity contribution is -0.153. The van der Waals surface area contributed by atoms with Gasteiger partial charge in [-0.15, -0.1) is 0 Å². The van der Waals surface area contributed by atoms with Crippen molar-refractivity contribution in [1.82, 2.24) is 0 Å². The molecule has 0 aromatic heterocycles. The Morgan fingerprint density at radius 3 is 2.86 bits per heavy atom. The minimum absolute atomic E-state index is 0.142. The number of halogens is 2. The molecule has 1 N–H and O–H groups in total. The second-order valence-electron chi connectivity index (χ2n) is 5.22. The SMILES string of the molecule is C[C@@H](OC(=O)C[C@H]1C=CCC1)C(=O)Nc1cc(F)ccc1F. The highest BCUT2D eigenvalue weighted by atomic mass is 19.1. The Balaban J connectivity index is 1.87. The number of hydrogen-bond donors (Lipinski definition) is 1. The van der Waals surface area contributed by atoms with Crippen LogP contribution in [0.25, 0.3) is 0 Å². The number of rotatable bonds is 5. The zero-order valence-corrected chi connectivity index (χ0v) is 12.1. The molecule has 22 heavy (non-hydrogen) atoms. The van der Waals surface area contributed by atoms with Gasteiger partial charge >= 0.3 is 5.97 Å². The molecule has 0 unspecified atom stereocenters. The maximum absolute atomic E-state index is 13.4. The molecular weight excluding hydrogens is 292 g/mol. The van der Waals surface area contributed by atoms with Crippen LogP contribution in [0.15, 0.2) is 30.4 Å². The number of carbonyl (C=O) groups excluding carboxylic acids is 2. The second-order valence-corrected chi connectivity index (χ2v) is 5.22. The summed E-state index contributed by atoms with van der Waals surface area (Å²) in [4.78, 5) is 23.6. The van der Waals surface area contributed by atoms with Crippen LogP contribution in [0.5, 0.6) is 0 Å². The van der Waals surface area contributed by atoms with E-state index in [2.05, 4.69) is 5.32 Å². The maximum Gasteiger partial charge on any atom is 0.307 e. The Morgan fingerprint density at radius 1 is 1.41 bits per heavy atom. The van der Waals surface area contributed by atoms with Crippen LogP contribution < -0.4 is 5.32 Å². The minimum Gasteiger partial charge on any atom is -0.453 e. The monoisotopic (exact) mass is 309 g/mol. The normalized spacial score (nSPS) is 18.0. The van der Waals surface area contributed by atoms with Crippen LogP contribution >= 0.6 is 0 Å². The summed E-state index contributed by atoms with van der Waals surface area (Å²) >= 11 is 0. The summed E-state index contributed by atoms with van der Waals surface area (Å²) in [5.74, 6) is -2.49. The van der Waals surface area contributed by atoms with Crippen molar-refractivity contribution >= 4 is 17.6 Å². The van der Waals surface area contributed by atoms with Crippen molar-refractivity contribution < 1.29 is 23.1 Å². The Kier molecular flexibility index (Phi) is 5.25. The summed E-state index contributed by atoms with van der Waals surface area (Å²) in [6.07, 6.45) is 4.91. The molecule has 6 heteroatoms. The molecule has 0 heterocycles. The van der Waals surface area contributed by atoms with Crippen molar-refractivity contribution in [2.45, 2.75) is 32.3 Å². The molecule has 1 aliphatic rings. The van der Waals surface area contributed by atoms with Gasteiger partial charge in [0.05, 0.1) is 12.1 Å². The first-order valence-corrected chi connectivity index (χ1v) is 7.08. The predicted molar refractivity (Wildman–Crippen MR) is 77.0 cm³/mol. The van der Waals surface area contributed by atoms with Gasteiger partial charge in [0.2, 0.25) is 0 Å². The minimum atomic E-state index is -1.08. The maximum atomic E-state index is 13.4. The average Bonchev–Trinajstić information content (AvgIpc) is 2.95. The van der Waals surface area contributed by atoms with E-state index in [1.165, 1.54) is 6.92 Å². The molecule has 0 saturated heterocycles. The Morgan fingerprint density at radius 2 is 2.18 bits per heavy atom. The molecule has 118 valence electrons. The smallest absolute Gasteiger partial charge is 0.307 e. The summed E-state index contributed by atoms with van der Waals surface area (Å²) in [5.41, 5.74) is -0.286. The number of nitrogens with one attached hydrogen (secondary N) is 1. The number of benzene rings is 1. The van der Waals surface area contributed by atoms with E-state index in [0.29, 0.717) is 0 Å². The van der Waals surface area contributed by atoms with E-state index in [1.54, 1.807) is 0 Å². The first-order chi connectivity index (χ1) is 10.5. The highest BCUT2D eigenvalue weighted by Crippen LogP contribution is 2.21. The standard InChI is InChI=1S/C16H17F2NO3/c1-10(22-15(20)8-11-4-2-3-5-11)16(21)19-14-9-12(17)6-7-13(14)18/h2,4,6-7,9-11H,3,5,8H2,1H3,(H,19,21)/t10-,11+/m1/s1. The predicted octanol–water partition coefficient (Wildman–Crippen LogP) is 3.19. The quantitative estimate of drug-likeness (QED) is 0.671. The van der Waals surface area contributed by atoms with Gasteiger partial charge in [0.1, 0.15) is 11.6 Å². The van der Waals surface area contributed by atoms with E-state index in [1.807, 2.05) is 12.2 Å². The van der Waals surface area contributed by atoms with Crippen LogP contribution in [0.3, 0.4) is 0 Å². The summed E-state index contributed by atoms with van der Waals surface area (Å²) in [6, 6.07) is 2.72. The highest BCUT2D eigenvalue weighted by molar-refractivity contribution is 5.95.